The smallest absolute Gasteiger partial charge is 0.243 e. The van der Waals surface area contributed by atoms with Crippen molar-refractivity contribution in [2.24, 2.45) is 0 Å². The molecule has 0 unspecified atom stereocenters. The molecule has 7 nitrogen and oxygen atoms in total. The zero-order valence-electron chi connectivity index (χ0n) is 9.62. The molecule has 0 N–H and O–H groups in total. The van der Waals surface area contributed by atoms with Crippen LogP contribution in [0.2, 0.25) is 5.15 Å². The van der Waals surface area contributed by atoms with Crippen LogP contribution in [0.5, 0.6) is 0 Å². The Morgan fingerprint density at radius 3 is 2.53 bits per heavy atom. The molecule has 2 heterocycles. The lowest BCUT2D eigenvalue weighted by molar-refractivity contribution is 0.237. The molecule has 8 heteroatoms. The van der Waals surface area contributed by atoms with E-state index in [1.54, 1.807) is 0 Å². The molecule has 90 valence electrons. The minimum Gasteiger partial charge on any atom is -0.243 e. The Labute approximate surface area is 102 Å². The standard InChI is InChI=1S/C9H11ClN6O/c1-9(2,3)6-7(10)16(14-12-6)8(17)15-5-4-11-13-15/h4-5H,1-3H3. The number of hydrogen-bond acceptors (Lipinski definition) is 5. The molecule has 2 aromatic heterocycles. The zero-order chi connectivity index (χ0) is 12.6. The van der Waals surface area contributed by atoms with E-state index in [1.807, 2.05) is 20.8 Å². The summed E-state index contributed by atoms with van der Waals surface area (Å²) in [6.07, 6.45) is 2.81. The first kappa shape index (κ1) is 11.7. The van der Waals surface area contributed by atoms with E-state index in [0.717, 1.165) is 9.36 Å². The van der Waals surface area contributed by atoms with Crippen molar-refractivity contribution in [3.63, 3.8) is 0 Å². The summed E-state index contributed by atoms with van der Waals surface area (Å²) in [5.41, 5.74) is 0.283. The van der Waals surface area contributed by atoms with Crippen LogP contribution in [0.15, 0.2) is 12.4 Å². The maximum absolute atomic E-state index is 11.9. The van der Waals surface area contributed by atoms with E-state index in [9.17, 15) is 4.79 Å². The van der Waals surface area contributed by atoms with Gasteiger partial charge < -0.3 is 0 Å². The zero-order valence-corrected chi connectivity index (χ0v) is 10.4. The molecule has 0 aromatic carbocycles. The SMILES string of the molecule is CC(C)(C)c1nnn(C(=O)n2ccnn2)c1Cl. The fourth-order valence-corrected chi connectivity index (χ4v) is 1.69. The van der Waals surface area contributed by atoms with Crippen LogP contribution in [0.25, 0.3) is 0 Å². The second kappa shape index (κ2) is 3.92. The quantitative estimate of drug-likeness (QED) is 0.709. The van der Waals surface area contributed by atoms with Gasteiger partial charge in [0.15, 0.2) is 5.15 Å². The Kier molecular flexibility index (Phi) is 2.70. The lowest BCUT2D eigenvalue weighted by atomic mass is 9.93. The first-order valence-corrected chi connectivity index (χ1v) is 5.32. The van der Waals surface area contributed by atoms with Gasteiger partial charge in [-0.3, -0.25) is 0 Å². The molecule has 0 atom stereocenters. The molecule has 17 heavy (non-hydrogen) atoms. The molecule has 0 fully saturated rings. The van der Waals surface area contributed by atoms with E-state index in [4.69, 9.17) is 11.6 Å². The molecular formula is C9H11ClN6O. The van der Waals surface area contributed by atoms with Gasteiger partial charge in [0.1, 0.15) is 5.69 Å². The Bertz CT molecular complexity index is 538. The van der Waals surface area contributed by atoms with Crippen molar-refractivity contribution >= 4 is 17.6 Å². The summed E-state index contributed by atoms with van der Waals surface area (Å²) in [6.45, 7) is 5.81. The molecule has 0 aliphatic heterocycles. The van der Waals surface area contributed by atoms with Gasteiger partial charge in [0.2, 0.25) is 0 Å². The fraction of sp³-hybridized carbons (Fsp3) is 0.444. The Balaban J connectivity index is 2.42. The predicted octanol–water partition coefficient (Wildman–Crippen LogP) is 1.34. The van der Waals surface area contributed by atoms with Crippen molar-refractivity contribution in [2.45, 2.75) is 26.2 Å². The third-order valence-corrected chi connectivity index (χ3v) is 2.46. The second-order valence-electron chi connectivity index (χ2n) is 4.52. The number of hydrogen-bond donors (Lipinski definition) is 0. The van der Waals surface area contributed by atoms with Gasteiger partial charge in [-0.05, 0) is 0 Å². The molecular weight excluding hydrogens is 244 g/mol. The van der Waals surface area contributed by atoms with Crippen molar-refractivity contribution in [1.82, 2.24) is 30.0 Å². The topological polar surface area (TPSA) is 78.5 Å². The van der Waals surface area contributed by atoms with E-state index < -0.39 is 6.03 Å². The van der Waals surface area contributed by atoms with Gasteiger partial charge >= 0.3 is 6.03 Å². The molecule has 0 aliphatic rings. The normalized spacial score (nSPS) is 11.8. The summed E-state index contributed by atoms with van der Waals surface area (Å²) in [5, 5.41) is 15.0. The first-order chi connectivity index (χ1) is 7.91. The van der Waals surface area contributed by atoms with Crippen LogP contribution in [-0.4, -0.2) is 36.0 Å². The number of halogens is 1. The predicted molar refractivity (Wildman–Crippen MR) is 59.9 cm³/mol. The number of rotatable bonds is 0. The van der Waals surface area contributed by atoms with Gasteiger partial charge in [-0.1, -0.05) is 42.8 Å². The summed E-state index contributed by atoms with van der Waals surface area (Å²) in [5.74, 6) is 0. The van der Waals surface area contributed by atoms with E-state index in [-0.39, 0.29) is 10.6 Å². The molecule has 0 spiro atoms. The van der Waals surface area contributed by atoms with Crippen LogP contribution >= 0.6 is 11.6 Å². The highest BCUT2D eigenvalue weighted by Crippen LogP contribution is 2.26. The summed E-state index contributed by atoms with van der Waals surface area (Å²) >= 11 is 6.08. The molecule has 0 aliphatic carbocycles. The molecule has 2 aromatic rings. The molecule has 0 amide bonds. The summed E-state index contributed by atoms with van der Waals surface area (Å²) < 4.78 is 2.03. The van der Waals surface area contributed by atoms with Crippen molar-refractivity contribution in [3.05, 3.63) is 23.2 Å². The fourth-order valence-electron chi connectivity index (χ4n) is 1.26. The number of nitrogens with zero attached hydrogens (tertiary/aromatic N) is 6. The number of carbonyl (C=O) groups is 1. The van der Waals surface area contributed by atoms with Crippen LogP contribution in [0.4, 0.5) is 4.79 Å². The molecule has 2 rings (SSSR count). The minimum absolute atomic E-state index is 0.193. The maximum atomic E-state index is 11.9. The van der Waals surface area contributed by atoms with E-state index in [0.29, 0.717) is 5.69 Å². The van der Waals surface area contributed by atoms with Gasteiger partial charge in [-0.15, -0.1) is 14.9 Å². The molecule has 0 bridgehead atoms. The lowest BCUT2D eigenvalue weighted by Gasteiger charge is -2.14. The van der Waals surface area contributed by atoms with Crippen LogP contribution < -0.4 is 0 Å². The molecule has 0 saturated heterocycles. The Morgan fingerprint density at radius 1 is 1.35 bits per heavy atom. The van der Waals surface area contributed by atoms with Gasteiger partial charge in [0, 0.05) is 5.41 Å². The van der Waals surface area contributed by atoms with E-state index >= 15 is 0 Å². The van der Waals surface area contributed by atoms with E-state index in [1.165, 1.54) is 12.4 Å². The van der Waals surface area contributed by atoms with Crippen LogP contribution in [0.1, 0.15) is 26.5 Å². The van der Waals surface area contributed by atoms with Crippen molar-refractivity contribution < 1.29 is 4.79 Å². The monoisotopic (exact) mass is 254 g/mol. The van der Waals surface area contributed by atoms with Crippen molar-refractivity contribution in [1.29, 1.82) is 0 Å². The Hall–Kier alpha value is -1.76. The summed E-state index contributed by atoms with van der Waals surface area (Å²) in [7, 11) is 0. The summed E-state index contributed by atoms with van der Waals surface area (Å²) in [6, 6.07) is -0.518. The summed E-state index contributed by atoms with van der Waals surface area (Å²) in [4.78, 5) is 11.9. The highest BCUT2D eigenvalue weighted by atomic mass is 35.5. The van der Waals surface area contributed by atoms with Crippen molar-refractivity contribution in [2.75, 3.05) is 0 Å². The lowest BCUT2D eigenvalue weighted by Crippen LogP contribution is -2.22. The average molecular weight is 255 g/mol. The van der Waals surface area contributed by atoms with Gasteiger partial charge in [-0.25, -0.2) is 4.79 Å². The van der Waals surface area contributed by atoms with E-state index in [2.05, 4.69) is 20.6 Å². The highest BCUT2D eigenvalue weighted by molar-refractivity contribution is 6.31. The number of aromatic nitrogens is 6. The molecule has 0 saturated carbocycles. The number of carbonyl (C=O) groups excluding carboxylic acids is 1. The van der Waals surface area contributed by atoms with Gasteiger partial charge in [0.25, 0.3) is 0 Å². The maximum Gasteiger partial charge on any atom is 0.373 e. The van der Waals surface area contributed by atoms with Crippen LogP contribution in [0, 0.1) is 0 Å². The van der Waals surface area contributed by atoms with Gasteiger partial charge in [0.05, 0.1) is 12.4 Å². The third kappa shape index (κ3) is 2.05. The van der Waals surface area contributed by atoms with Crippen LogP contribution in [0.3, 0.4) is 0 Å². The largest absolute Gasteiger partial charge is 0.373 e. The molecule has 0 radical (unpaired) electrons. The third-order valence-electron chi connectivity index (χ3n) is 2.13. The van der Waals surface area contributed by atoms with Gasteiger partial charge in [-0.2, -0.15) is 4.68 Å². The van der Waals surface area contributed by atoms with Crippen LogP contribution in [-0.2, 0) is 5.41 Å². The second-order valence-corrected chi connectivity index (χ2v) is 4.88. The minimum atomic E-state index is -0.518. The average Bonchev–Trinajstić information content (AvgIpc) is 2.83. The first-order valence-electron chi connectivity index (χ1n) is 4.94. The Morgan fingerprint density at radius 2 is 2.06 bits per heavy atom. The highest BCUT2D eigenvalue weighted by Gasteiger charge is 2.26. The van der Waals surface area contributed by atoms with Crippen molar-refractivity contribution in [3.8, 4) is 0 Å².